The van der Waals surface area contributed by atoms with E-state index in [9.17, 15) is 8.42 Å². The van der Waals surface area contributed by atoms with E-state index >= 15 is 0 Å². The Balaban J connectivity index is 2.12. The summed E-state index contributed by atoms with van der Waals surface area (Å²) in [6.45, 7) is 5.37. The van der Waals surface area contributed by atoms with E-state index in [0.717, 1.165) is 13.0 Å². The highest BCUT2D eigenvalue weighted by molar-refractivity contribution is 7.91. The molecule has 0 aromatic carbocycles. The number of sulfone groups is 1. The molecule has 0 aromatic heterocycles. The highest BCUT2D eigenvalue weighted by Gasteiger charge is 2.40. The maximum Gasteiger partial charge on any atom is 0.153 e. The molecule has 2 unspecified atom stereocenters. The van der Waals surface area contributed by atoms with Crippen LogP contribution in [0.4, 0.5) is 0 Å². The van der Waals surface area contributed by atoms with Gasteiger partial charge in [0.2, 0.25) is 0 Å². The van der Waals surface area contributed by atoms with E-state index in [2.05, 4.69) is 5.32 Å². The molecule has 0 radical (unpaired) electrons. The predicted molar refractivity (Wildman–Crippen MR) is 58.6 cm³/mol. The smallest absolute Gasteiger partial charge is 0.153 e. The SMILES string of the molecule is CC1(C)CS(=O)(=O)CC(C2CCOC2)N1. The fourth-order valence-corrected chi connectivity index (χ4v) is 4.79. The monoisotopic (exact) mass is 233 g/mol. The number of nitrogens with one attached hydrogen (secondary N) is 1. The van der Waals surface area contributed by atoms with E-state index in [1.807, 2.05) is 13.8 Å². The molecule has 2 saturated heterocycles. The van der Waals surface area contributed by atoms with Crippen molar-refractivity contribution in [1.82, 2.24) is 5.32 Å². The molecule has 2 fully saturated rings. The number of hydrogen-bond acceptors (Lipinski definition) is 4. The van der Waals surface area contributed by atoms with Gasteiger partial charge in [-0.05, 0) is 20.3 Å². The van der Waals surface area contributed by atoms with Crippen molar-refractivity contribution in [2.24, 2.45) is 5.92 Å². The minimum Gasteiger partial charge on any atom is -0.381 e. The quantitative estimate of drug-likeness (QED) is 0.702. The Kier molecular flexibility index (Phi) is 2.81. The second-order valence-electron chi connectivity index (χ2n) is 5.31. The summed E-state index contributed by atoms with van der Waals surface area (Å²) in [5.41, 5.74) is -0.301. The van der Waals surface area contributed by atoms with Gasteiger partial charge in [-0.2, -0.15) is 0 Å². The first-order valence-corrected chi connectivity index (χ1v) is 7.26. The zero-order chi connectivity index (χ0) is 11.1. The summed E-state index contributed by atoms with van der Waals surface area (Å²) < 4.78 is 28.8. The molecule has 0 aromatic rings. The van der Waals surface area contributed by atoms with E-state index in [0.29, 0.717) is 12.5 Å². The van der Waals surface area contributed by atoms with Crippen molar-refractivity contribution >= 4 is 9.84 Å². The van der Waals surface area contributed by atoms with Gasteiger partial charge >= 0.3 is 0 Å². The van der Waals surface area contributed by atoms with Gasteiger partial charge in [-0.25, -0.2) is 8.42 Å². The predicted octanol–water partition coefficient (Wildman–Crippen LogP) is 0.188. The molecule has 0 bridgehead atoms. The summed E-state index contributed by atoms with van der Waals surface area (Å²) in [5.74, 6) is 0.869. The summed E-state index contributed by atoms with van der Waals surface area (Å²) in [7, 11) is -2.90. The van der Waals surface area contributed by atoms with Crippen LogP contribution in [0.1, 0.15) is 20.3 Å². The summed E-state index contributed by atoms with van der Waals surface area (Å²) in [6.07, 6.45) is 0.975. The molecule has 0 saturated carbocycles. The van der Waals surface area contributed by atoms with Crippen LogP contribution < -0.4 is 5.32 Å². The first kappa shape index (κ1) is 11.4. The van der Waals surface area contributed by atoms with E-state index in [1.54, 1.807) is 0 Å². The first-order chi connectivity index (χ1) is 6.88. The first-order valence-electron chi connectivity index (χ1n) is 5.44. The van der Waals surface area contributed by atoms with Gasteiger partial charge in [-0.3, -0.25) is 0 Å². The second kappa shape index (κ2) is 3.71. The van der Waals surface area contributed by atoms with Crippen LogP contribution in [0, 0.1) is 5.92 Å². The highest BCUT2D eigenvalue weighted by Crippen LogP contribution is 2.25. The van der Waals surface area contributed by atoms with Crippen molar-refractivity contribution in [3.63, 3.8) is 0 Å². The molecule has 1 N–H and O–H groups in total. The lowest BCUT2D eigenvalue weighted by Gasteiger charge is -2.39. The van der Waals surface area contributed by atoms with Gasteiger partial charge in [0.05, 0.1) is 18.1 Å². The maximum atomic E-state index is 11.8. The molecule has 0 aliphatic carbocycles. The Bertz CT molecular complexity index is 331. The normalized spacial score (nSPS) is 39.1. The molecule has 88 valence electrons. The fraction of sp³-hybridized carbons (Fsp3) is 1.00. The largest absolute Gasteiger partial charge is 0.381 e. The van der Waals surface area contributed by atoms with Crippen LogP contribution in [0.2, 0.25) is 0 Å². The molecule has 4 nitrogen and oxygen atoms in total. The van der Waals surface area contributed by atoms with E-state index in [4.69, 9.17) is 4.74 Å². The number of rotatable bonds is 1. The van der Waals surface area contributed by atoms with Crippen molar-refractivity contribution < 1.29 is 13.2 Å². The molecule has 2 rings (SSSR count). The number of ether oxygens (including phenoxy) is 1. The van der Waals surface area contributed by atoms with Crippen LogP contribution in [0.3, 0.4) is 0 Å². The van der Waals surface area contributed by atoms with Crippen LogP contribution in [-0.4, -0.2) is 44.7 Å². The van der Waals surface area contributed by atoms with Crippen LogP contribution in [0.15, 0.2) is 0 Å². The van der Waals surface area contributed by atoms with Gasteiger partial charge in [0.25, 0.3) is 0 Å². The third-order valence-corrected chi connectivity index (χ3v) is 5.15. The van der Waals surface area contributed by atoms with Gasteiger partial charge in [-0.15, -0.1) is 0 Å². The Hall–Kier alpha value is -0.130. The molecule has 2 aliphatic heterocycles. The zero-order valence-electron chi connectivity index (χ0n) is 9.32. The Morgan fingerprint density at radius 1 is 1.40 bits per heavy atom. The summed E-state index contributed by atoms with van der Waals surface area (Å²) in [6, 6.07) is 0.0706. The van der Waals surface area contributed by atoms with Crippen molar-refractivity contribution in [2.75, 3.05) is 24.7 Å². The lowest BCUT2D eigenvalue weighted by atomic mass is 9.96. The zero-order valence-corrected chi connectivity index (χ0v) is 10.1. The van der Waals surface area contributed by atoms with Crippen LogP contribution in [0.25, 0.3) is 0 Å². The third-order valence-electron chi connectivity index (χ3n) is 3.12. The summed E-state index contributed by atoms with van der Waals surface area (Å²) in [4.78, 5) is 0. The Morgan fingerprint density at radius 3 is 2.67 bits per heavy atom. The maximum absolute atomic E-state index is 11.8. The minimum atomic E-state index is -2.90. The average molecular weight is 233 g/mol. The molecule has 2 atom stereocenters. The fourth-order valence-electron chi connectivity index (χ4n) is 2.59. The van der Waals surface area contributed by atoms with Gasteiger partial charge in [0, 0.05) is 24.1 Å². The molecule has 5 heteroatoms. The summed E-state index contributed by atoms with van der Waals surface area (Å²) >= 11 is 0. The molecule has 0 spiro atoms. The second-order valence-corrected chi connectivity index (χ2v) is 7.42. The lowest BCUT2D eigenvalue weighted by Crippen LogP contribution is -2.60. The van der Waals surface area contributed by atoms with Gasteiger partial charge in [0.15, 0.2) is 9.84 Å². The van der Waals surface area contributed by atoms with E-state index in [-0.39, 0.29) is 23.1 Å². The Labute approximate surface area is 91.3 Å². The van der Waals surface area contributed by atoms with Crippen molar-refractivity contribution in [2.45, 2.75) is 31.8 Å². The molecule has 2 heterocycles. The number of hydrogen-bond donors (Lipinski definition) is 1. The van der Waals surface area contributed by atoms with Crippen LogP contribution in [-0.2, 0) is 14.6 Å². The molecule has 15 heavy (non-hydrogen) atoms. The van der Waals surface area contributed by atoms with E-state index in [1.165, 1.54) is 0 Å². The van der Waals surface area contributed by atoms with Crippen LogP contribution in [0.5, 0.6) is 0 Å². The lowest BCUT2D eigenvalue weighted by molar-refractivity contribution is 0.173. The molecular weight excluding hydrogens is 214 g/mol. The van der Waals surface area contributed by atoms with E-state index < -0.39 is 9.84 Å². The topological polar surface area (TPSA) is 55.4 Å². The standard InChI is InChI=1S/C10H19NO3S/c1-10(2)7-15(12,13)6-9(11-10)8-3-4-14-5-8/h8-9,11H,3-7H2,1-2H3. The van der Waals surface area contributed by atoms with Crippen molar-refractivity contribution in [3.05, 3.63) is 0 Å². The molecule has 0 amide bonds. The summed E-state index contributed by atoms with van der Waals surface area (Å²) in [5, 5.41) is 3.43. The minimum absolute atomic E-state index is 0.0706. The average Bonchev–Trinajstić information content (AvgIpc) is 2.48. The molecular formula is C10H19NO3S. The van der Waals surface area contributed by atoms with Gasteiger partial charge < -0.3 is 10.1 Å². The highest BCUT2D eigenvalue weighted by atomic mass is 32.2. The van der Waals surface area contributed by atoms with Gasteiger partial charge in [0.1, 0.15) is 0 Å². The molecule has 2 aliphatic rings. The van der Waals surface area contributed by atoms with Crippen LogP contribution >= 0.6 is 0 Å². The van der Waals surface area contributed by atoms with Gasteiger partial charge in [-0.1, -0.05) is 0 Å². The van der Waals surface area contributed by atoms with Crippen molar-refractivity contribution in [1.29, 1.82) is 0 Å². The van der Waals surface area contributed by atoms with Crippen molar-refractivity contribution in [3.8, 4) is 0 Å². The Morgan fingerprint density at radius 2 is 2.13 bits per heavy atom. The third kappa shape index (κ3) is 2.71.